The molecule has 5 rings (SSSR count). The van der Waals surface area contributed by atoms with Gasteiger partial charge in [-0.2, -0.15) is 13.1 Å². The first-order chi connectivity index (χ1) is 18.5. The number of sulfone groups is 1. The van der Waals surface area contributed by atoms with E-state index < -0.39 is 37.7 Å². The number of benzene rings is 3. The quantitative estimate of drug-likeness (QED) is 0.253. The summed E-state index contributed by atoms with van der Waals surface area (Å²) in [5.41, 5.74) is 2.27. The number of nitrogens with two attached hydrogens (primary N) is 1. The maximum absolute atomic E-state index is 13.9. The van der Waals surface area contributed by atoms with Gasteiger partial charge in [0.15, 0.2) is 15.1 Å². The highest BCUT2D eigenvalue weighted by Gasteiger charge is 2.37. The first-order valence-electron chi connectivity index (χ1n) is 11.2. The van der Waals surface area contributed by atoms with Crippen LogP contribution in [-0.4, -0.2) is 32.0 Å². The normalized spacial score (nSPS) is 13.1. The second kappa shape index (κ2) is 10.7. The van der Waals surface area contributed by atoms with Crippen molar-refractivity contribution in [3.8, 4) is 11.1 Å². The van der Waals surface area contributed by atoms with Crippen LogP contribution in [0.5, 0.6) is 0 Å². The molecular weight excluding hydrogens is 589 g/mol. The largest absolute Gasteiger partial charge is 0.422 e. The number of hydrogen-bond donors (Lipinski definition) is 2. The topological polar surface area (TPSA) is 158 Å². The summed E-state index contributed by atoms with van der Waals surface area (Å²) in [5, 5.41) is 11.6. The van der Waals surface area contributed by atoms with Crippen molar-refractivity contribution >= 4 is 53.2 Å². The van der Waals surface area contributed by atoms with E-state index in [9.17, 15) is 21.2 Å². The Morgan fingerprint density at radius 3 is 2.49 bits per heavy atom. The molecule has 0 radical (unpaired) electrons. The first kappa shape index (κ1) is 27.3. The van der Waals surface area contributed by atoms with Crippen LogP contribution in [0.15, 0.2) is 71.1 Å². The maximum atomic E-state index is 13.9. The fourth-order valence-electron chi connectivity index (χ4n) is 3.86. The van der Waals surface area contributed by atoms with E-state index >= 15 is 0 Å². The minimum atomic E-state index is -4.04. The highest BCUT2D eigenvalue weighted by Crippen LogP contribution is 2.38. The predicted octanol–water partition coefficient (Wildman–Crippen LogP) is 4.14. The van der Waals surface area contributed by atoms with Gasteiger partial charge in [-0.1, -0.05) is 48.0 Å². The summed E-state index contributed by atoms with van der Waals surface area (Å²) in [4.78, 5) is 4.54. The molecular formula is C24H19ClFN5O5S3. The smallest absolute Gasteiger partial charge is 0.274 e. The molecule has 0 saturated heterocycles. The van der Waals surface area contributed by atoms with E-state index in [0.29, 0.717) is 26.9 Å². The summed E-state index contributed by atoms with van der Waals surface area (Å²) in [6.07, 6.45) is 0. The molecule has 10 nitrogen and oxygen atoms in total. The minimum Gasteiger partial charge on any atom is -0.422 e. The molecule has 0 aliphatic carbocycles. The fraction of sp³-hybridized carbons (Fsp3) is 0.125. The van der Waals surface area contributed by atoms with Crippen molar-refractivity contribution in [3.63, 3.8) is 0 Å². The highest BCUT2D eigenvalue weighted by molar-refractivity contribution is 7.91. The van der Waals surface area contributed by atoms with Gasteiger partial charge >= 0.3 is 0 Å². The first-order valence-corrected chi connectivity index (χ1v) is 15.6. The SMILES string of the molecule is NS(=O)(=O)NCc1nnc(C(c2nc3ccc(-c4cc(F)cc(Cl)c4)cc3s2)S(=O)(=O)Cc2ccccc2)o1. The van der Waals surface area contributed by atoms with Gasteiger partial charge in [-0.05, 0) is 47.0 Å². The summed E-state index contributed by atoms with van der Waals surface area (Å²) in [7, 11) is -8.05. The van der Waals surface area contributed by atoms with E-state index in [0.717, 1.165) is 11.3 Å². The summed E-state index contributed by atoms with van der Waals surface area (Å²) in [6, 6.07) is 17.9. The lowest BCUT2D eigenvalue weighted by molar-refractivity contribution is 0.443. The molecule has 3 aromatic carbocycles. The third kappa shape index (κ3) is 6.49. The van der Waals surface area contributed by atoms with Gasteiger partial charge < -0.3 is 4.42 Å². The maximum Gasteiger partial charge on any atom is 0.274 e. The average molecular weight is 608 g/mol. The van der Waals surface area contributed by atoms with Gasteiger partial charge in [-0.25, -0.2) is 22.9 Å². The molecule has 1 unspecified atom stereocenters. The Morgan fingerprint density at radius 1 is 1.00 bits per heavy atom. The lowest BCUT2D eigenvalue weighted by Gasteiger charge is -2.12. The van der Waals surface area contributed by atoms with Gasteiger partial charge in [0.05, 0.1) is 22.5 Å². The van der Waals surface area contributed by atoms with Crippen molar-refractivity contribution in [1.29, 1.82) is 0 Å². The highest BCUT2D eigenvalue weighted by atomic mass is 35.5. The van der Waals surface area contributed by atoms with E-state index in [4.69, 9.17) is 21.2 Å². The zero-order valence-corrected chi connectivity index (χ0v) is 23.0. The van der Waals surface area contributed by atoms with Crippen LogP contribution >= 0.6 is 22.9 Å². The molecule has 0 aliphatic rings. The number of thiazole rings is 1. The molecule has 0 bridgehead atoms. The van der Waals surface area contributed by atoms with E-state index in [2.05, 4.69) is 15.2 Å². The van der Waals surface area contributed by atoms with Crippen molar-refractivity contribution in [1.82, 2.24) is 19.9 Å². The Kier molecular flexibility index (Phi) is 7.50. The Bertz CT molecular complexity index is 1860. The van der Waals surface area contributed by atoms with Crippen LogP contribution in [0, 0.1) is 5.82 Å². The van der Waals surface area contributed by atoms with Gasteiger partial charge in [-0.3, -0.25) is 0 Å². The minimum absolute atomic E-state index is 0.171. The summed E-state index contributed by atoms with van der Waals surface area (Å²) in [6.45, 7) is -0.420. The molecule has 5 aromatic rings. The zero-order chi connectivity index (χ0) is 27.8. The second-order valence-corrected chi connectivity index (χ2v) is 13.4. The van der Waals surface area contributed by atoms with Crippen LogP contribution < -0.4 is 9.86 Å². The van der Waals surface area contributed by atoms with Crippen LogP contribution in [0.1, 0.15) is 27.6 Å². The lowest BCUT2D eigenvalue weighted by atomic mass is 10.1. The van der Waals surface area contributed by atoms with Gasteiger partial charge in [0.1, 0.15) is 10.8 Å². The molecule has 0 amide bonds. The van der Waals surface area contributed by atoms with Crippen LogP contribution in [0.2, 0.25) is 5.02 Å². The zero-order valence-electron chi connectivity index (χ0n) is 19.8. The van der Waals surface area contributed by atoms with Gasteiger partial charge in [0.2, 0.25) is 11.8 Å². The van der Waals surface area contributed by atoms with Crippen molar-refractivity contribution < 1.29 is 25.6 Å². The van der Waals surface area contributed by atoms with Crippen LogP contribution in [0.25, 0.3) is 21.3 Å². The predicted molar refractivity (Wildman–Crippen MR) is 145 cm³/mol. The second-order valence-electron chi connectivity index (χ2n) is 8.47. The van der Waals surface area contributed by atoms with Gasteiger partial charge in [-0.15, -0.1) is 21.5 Å². The third-order valence-electron chi connectivity index (χ3n) is 5.53. The average Bonchev–Trinajstić information content (AvgIpc) is 3.48. The molecule has 1 atom stereocenters. The van der Waals surface area contributed by atoms with E-state index in [1.807, 2.05) is 4.72 Å². The summed E-state index contributed by atoms with van der Waals surface area (Å²) >= 11 is 7.12. The van der Waals surface area contributed by atoms with E-state index in [1.54, 1.807) is 54.6 Å². The van der Waals surface area contributed by atoms with Crippen molar-refractivity contribution in [2.75, 3.05) is 0 Å². The monoisotopic (exact) mass is 607 g/mol. The number of nitrogens with one attached hydrogen (secondary N) is 1. The van der Waals surface area contributed by atoms with E-state index in [-0.39, 0.29) is 27.6 Å². The van der Waals surface area contributed by atoms with E-state index in [1.165, 1.54) is 12.1 Å². The van der Waals surface area contributed by atoms with Gasteiger partial charge in [0, 0.05) is 5.02 Å². The van der Waals surface area contributed by atoms with Crippen LogP contribution in [0.3, 0.4) is 0 Å². The molecule has 0 fully saturated rings. The Morgan fingerprint density at radius 2 is 1.77 bits per heavy atom. The summed E-state index contributed by atoms with van der Waals surface area (Å²) < 4.78 is 72.1. The molecule has 15 heteroatoms. The van der Waals surface area contributed by atoms with Crippen LogP contribution in [-0.2, 0) is 32.3 Å². The number of nitrogens with zero attached hydrogens (tertiary/aromatic N) is 3. The molecule has 2 aromatic heterocycles. The Hall–Kier alpha value is -3.27. The van der Waals surface area contributed by atoms with Gasteiger partial charge in [0.25, 0.3) is 10.2 Å². The Labute approximate surface area is 231 Å². The molecule has 2 heterocycles. The summed E-state index contributed by atoms with van der Waals surface area (Å²) in [5.74, 6) is -1.27. The van der Waals surface area contributed by atoms with Crippen molar-refractivity contribution in [2.45, 2.75) is 17.5 Å². The van der Waals surface area contributed by atoms with Crippen molar-refractivity contribution in [2.24, 2.45) is 5.14 Å². The number of halogens is 2. The lowest BCUT2D eigenvalue weighted by Crippen LogP contribution is -2.30. The molecule has 39 heavy (non-hydrogen) atoms. The molecule has 0 spiro atoms. The van der Waals surface area contributed by atoms with Crippen LogP contribution in [0.4, 0.5) is 4.39 Å². The number of hydrogen-bond acceptors (Lipinski definition) is 9. The number of rotatable bonds is 9. The Balaban J connectivity index is 1.57. The molecule has 0 aliphatic heterocycles. The molecule has 0 saturated carbocycles. The van der Waals surface area contributed by atoms with Crippen molar-refractivity contribution in [3.05, 3.63) is 99.9 Å². The number of aromatic nitrogens is 3. The fourth-order valence-corrected chi connectivity index (χ4v) is 7.56. The molecule has 3 N–H and O–H groups in total. The number of fused-ring (bicyclic) bond motifs is 1. The standard InChI is InChI=1S/C24H19ClFN5O5S3/c25-17-8-16(9-18(26)11-17)15-6-7-19-20(10-15)37-24(29-19)22(38(32,33)13-14-4-2-1-3-5-14)23-31-30-21(36-23)12-28-39(27,34)35/h1-11,22,28H,12-13H2,(H2,27,34,35). The molecule has 202 valence electrons. The third-order valence-corrected chi connectivity index (χ3v) is 9.40.